The zero-order valence-electron chi connectivity index (χ0n) is 13.4. The zero-order valence-corrected chi connectivity index (χ0v) is 13.4. The lowest BCUT2D eigenvalue weighted by Crippen LogP contribution is -2.43. The fraction of sp³-hybridized carbons (Fsp3) is 0.167. The van der Waals surface area contributed by atoms with Crippen LogP contribution in [0.3, 0.4) is 0 Å². The van der Waals surface area contributed by atoms with Crippen molar-refractivity contribution in [1.82, 2.24) is 9.97 Å². The predicted molar refractivity (Wildman–Crippen MR) is 90.6 cm³/mol. The molecule has 3 rings (SSSR count). The molecule has 0 radical (unpaired) electrons. The third-order valence-electron chi connectivity index (χ3n) is 3.56. The number of nitrogens with two attached hydrogens (primary N) is 1. The first-order chi connectivity index (χ1) is 11.7. The van der Waals surface area contributed by atoms with E-state index in [-0.39, 0.29) is 13.2 Å². The Bertz CT molecular complexity index is 817. The fourth-order valence-corrected chi connectivity index (χ4v) is 2.28. The van der Waals surface area contributed by atoms with E-state index in [0.29, 0.717) is 11.7 Å². The molecule has 0 atom stereocenters. The van der Waals surface area contributed by atoms with Crippen LogP contribution in [0.2, 0.25) is 0 Å². The number of ether oxygens (including phenoxy) is 1. The molecule has 2 heterocycles. The maximum atomic E-state index is 9.06. The van der Waals surface area contributed by atoms with Gasteiger partial charge in [-0.15, -0.1) is 0 Å². The number of hydrogen-bond acceptors (Lipinski definition) is 5. The fourth-order valence-electron chi connectivity index (χ4n) is 2.28. The topological polar surface area (TPSA) is 85.1 Å². The molecule has 0 aliphatic heterocycles. The van der Waals surface area contributed by atoms with E-state index in [0.717, 1.165) is 16.7 Å². The van der Waals surface area contributed by atoms with E-state index in [9.17, 15) is 0 Å². The Hall–Kier alpha value is -2.99. The van der Waals surface area contributed by atoms with Gasteiger partial charge in [0.1, 0.15) is 6.61 Å². The molecule has 0 saturated carbocycles. The van der Waals surface area contributed by atoms with Crippen LogP contribution in [0.25, 0.3) is 22.5 Å². The molecule has 0 bridgehead atoms. The van der Waals surface area contributed by atoms with Crippen LogP contribution in [0.1, 0.15) is 5.56 Å². The van der Waals surface area contributed by atoms with E-state index in [1.54, 1.807) is 18.6 Å². The number of nitrogens with zero attached hydrogens (tertiary/aromatic N) is 3. The van der Waals surface area contributed by atoms with Crippen molar-refractivity contribution in [3.63, 3.8) is 0 Å². The molecule has 0 aliphatic carbocycles. The number of aliphatic hydroxyl groups excluding tert-OH is 1. The molecule has 1 aromatic carbocycles. The summed E-state index contributed by atoms with van der Waals surface area (Å²) in [6, 6.07) is 11.7. The Morgan fingerprint density at radius 2 is 1.79 bits per heavy atom. The Labute approximate surface area is 140 Å². The molecular formula is C18H19N4O2+. The molecule has 24 heavy (non-hydrogen) atoms. The summed E-state index contributed by atoms with van der Waals surface area (Å²) in [5.41, 5.74) is 3.76. The van der Waals surface area contributed by atoms with E-state index >= 15 is 0 Å². The van der Waals surface area contributed by atoms with Gasteiger partial charge >= 0.3 is 0 Å². The second-order valence-corrected chi connectivity index (χ2v) is 5.38. The van der Waals surface area contributed by atoms with Gasteiger partial charge in [-0.3, -0.25) is 0 Å². The van der Waals surface area contributed by atoms with E-state index in [1.807, 2.05) is 43.3 Å². The quantitative estimate of drug-likeness (QED) is 0.549. The van der Waals surface area contributed by atoms with Gasteiger partial charge in [0.05, 0.1) is 12.2 Å². The lowest BCUT2D eigenvalue weighted by Gasteiger charge is -2.11. The van der Waals surface area contributed by atoms with E-state index in [2.05, 4.69) is 9.97 Å². The summed E-state index contributed by atoms with van der Waals surface area (Å²) in [7, 11) is 0. The van der Waals surface area contributed by atoms with Crippen LogP contribution < -0.4 is 15.3 Å². The summed E-state index contributed by atoms with van der Waals surface area (Å²) in [4.78, 5) is 8.96. The van der Waals surface area contributed by atoms with E-state index in [1.165, 1.54) is 10.2 Å². The Morgan fingerprint density at radius 1 is 1.08 bits per heavy atom. The van der Waals surface area contributed by atoms with Crippen molar-refractivity contribution in [2.45, 2.75) is 6.92 Å². The number of nitrogen functional groups attached to an aromatic ring is 1. The van der Waals surface area contributed by atoms with Gasteiger partial charge in [0.2, 0.25) is 5.88 Å². The molecule has 0 saturated heterocycles. The van der Waals surface area contributed by atoms with E-state index in [4.69, 9.17) is 15.7 Å². The van der Waals surface area contributed by atoms with Crippen LogP contribution in [0.4, 0.5) is 0 Å². The number of benzene rings is 1. The molecule has 6 heteroatoms. The minimum absolute atomic E-state index is 0.0782. The summed E-state index contributed by atoms with van der Waals surface area (Å²) in [5.74, 6) is 6.62. The van der Waals surface area contributed by atoms with Gasteiger partial charge in [-0.25, -0.2) is 10.8 Å². The highest BCUT2D eigenvalue weighted by Crippen LogP contribution is 2.29. The summed E-state index contributed by atoms with van der Waals surface area (Å²) in [6.07, 6.45) is 5.19. The van der Waals surface area contributed by atoms with Gasteiger partial charge in [-0.2, -0.15) is 4.98 Å². The number of rotatable bonds is 5. The SMILES string of the molecule is Cc1ccc(-c2cnc(-c3cc[n+](N)cc3)nc2OCCO)cc1. The first-order valence-electron chi connectivity index (χ1n) is 7.62. The van der Waals surface area contributed by atoms with Crippen molar-refractivity contribution in [1.29, 1.82) is 0 Å². The summed E-state index contributed by atoms with van der Waals surface area (Å²) >= 11 is 0. The van der Waals surface area contributed by atoms with Crippen molar-refractivity contribution in [2.24, 2.45) is 0 Å². The molecule has 0 spiro atoms. The standard InChI is InChI=1S/C18H19N4O2/c1-13-2-4-14(5-3-13)16-12-20-17(21-18(16)24-11-10-23)15-6-8-22(19)9-7-15/h2-9,12,23H,10-11,19H2,1H3/q+1. The average Bonchev–Trinajstić information content (AvgIpc) is 2.61. The van der Waals surface area contributed by atoms with Crippen molar-refractivity contribution in [3.8, 4) is 28.4 Å². The van der Waals surface area contributed by atoms with Crippen molar-refractivity contribution in [2.75, 3.05) is 19.1 Å². The number of aliphatic hydroxyl groups is 1. The molecule has 122 valence electrons. The van der Waals surface area contributed by atoms with Gasteiger partial charge in [0.15, 0.2) is 18.2 Å². The van der Waals surface area contributed by atoms with Crippen LogP contribution in [-0.4, -0.2) is 28.3 Å². The van der Waals surface area contributed by atoms with Crippen LogP contribution >= 0.6 is 0 Å². The third kappa shape index (κ3) is 3.49. The van der Waals surface area contributed by atoms with Gasteiger partial charge in [-0.05, 0) is 12.5 Å². The summed E-state index contributed by atoms with van der Waals surface area (Å²) in [5, 5.41) is 9.06. The number of pyridine rings is 1. The Kier molecular flexibility index (Phi) is 4.67. The summed E-state index contributed by atoms with van der Waals surface area (Å²) in [6.45, 7) is 2.13. The monoisotopic (exact) mass is 323 g/mol. The first kappa shape index (κ1) is 15.9. The Morgan fingerprint density at radius 3 is 2.46 bits per heavy atom. The Balaban J connectivity index is 2.02. The highest BCUT2D eigenvalue weighted by Gasteiger charge is 2.13. The zero-order chi connectivity index (χ0) is 16.9. The molecule has 2 aromatic heterocycles. The molecule has 0 aliphatic rings. The lowest BCUT2D eigenvalue weighted by atomic mass is 10.1. The van der Waals surface area contributed by atoms with Gasteiger partial charge in [-0.1, -0.05) is 34.5 Å². The highest BCUT2D eigenvalue weighted by molar-refractivity contribution is 5.69. The maximum Gasteiger partial charge on any atom is 0.225 e. The average molecular weight is 323 g/mol. The molecular weight excluding hydrogens is 304 g/mol. The maximum absolute atomic E-state index is 9.06. The molecule has 0 amide bonds. The van der Waals surface area contributed by atoms with Crippen molar-refractivity contribution in [3.05, 3.63) is 60.6 Å². The predicted octanol–water partition coefficient (Wildman–Crippen LogP) is 1.49. The van der Waals surface area contributed by atoms with Crippen LogP contribution in [0, 0.1) is 6.92 Å². The normalized spacial score (nSPS) is 10.6. The van der Waals surface area contributed by atoms with Crippen LogP contribution in [0.5, 0.6) is 5.88 Å². The second kappa shape index (κ2) is 7.06. The smallest absolute Gasteiger partial charge is 0.225 e. The van der Waals surface area contributed by atoms with Crippen molar-refractivity contribution < 1.29 is 14.5 Å². The summed E-state index contributed by atoms with van der Waals surface area (Å²) < 4.78 is 7.08. The second-order valence-electron chi connectivity index (χ2n) is 5.38. The third-order valence-corrected chi connectivity index (χ3v) is 3.56. The lowest BCUT2D eigenvalue weighted by molar-refractivity contribution is -0.638. The van der Waals surface area contributed by atoms with Crippen LogP contribution in [-0.2, 0) is 0 Å². The molecule has 3 N–H and O–H groups in total. The van der Waals surface area contributed by atoms with Gasteiger partial charge in [0.25, 0.3) is 0 Å². The van der Waals surface area contributed by atoms with Crippen LogP contribution in [0.15, 0.2) is 55.0 Å². The number of aryl methyl sites for hydroxylation is 1. The van der Waals surface area contributed by atoms with Crippen molar-refractivity contribution >= 4 is 0 Å². The van der Waals surface area contributed by atoms with E-state index < -0.39 is 0 Å². The van der Waals surface area contributed by atoms with Gasteiger partial charge in [0, 0.05) is 23.9 Å². The molecule has 6 nitrogen and oxygen atoms in total. The van der Waals surface area contributed by atoms with Gasteiger partial charge < -0.3 is 9.84 Å². The molecule has 0 unspecified atom stereocenters. The minimum atomic E-state index is -0.0782. The minimum Gasteiger partial charge on any atom is -0.475 e. The number of hydrogen-bond donors (Lipinski definition) is 2. The highest BCUT2D eigenvalue weighted by atomic mass is 16.5. The number of aromatic nitrogens is 3. The molecule has 3 aromatic rings. The first-order valence-corrected chi connectivity index (χ1v) is 7.62. The largest absolute Gasteiger partial charge is 0.475 e. The molecule has 0 fully saturated rings.